The maximum absolute atomic E-state index is 10.2. The Balaban J connectivity index is 1.84. The molecule has 5 heteroatoms. The average Bonchev–Trinajstić information content (AvgIpc) is 2.80. The van der Waals surface area contributed by atoms with Gasteiger partial charge in [0.05, 0.1) is 6.54 Å². The van der Waals surface area contributed by atoms with Crippen LogP contribution < -0.4 is 0 Å². The topological polar surface area (TPSA) is 50.9 Å². The second kappa shape index (κ2) is 4.99. The minimum atomic E-state index is -0.680. The van der Waals surface area contributed by atoms with Crippen LogP contribution in [0.25, 0.3) is 11.0 Å². The first-order valence-electron chi connectivity index (χ1n) is 5.96. The number of aromatic nitrogens is 3. The minimum Gasteiger partial charge on any atom is -0.386 e. The van der Waals surface area contributed by atoms with Crippen LogP contribution in [0.2, 0.25) is 5.02 Å². The van der Waals surface area contributed by atoms with Gasteiger partial charge in [0.2, 0.25) is 0 Å². The van der Waals surface area contributed by atoms with E-state index in [1.807, 2.05) is 36.4 Å². The zero-order valence-electron chi connectivity index (χ0n) is 10.1. The molecule has 0 saturated heterocycles. The van der Waals surface area contributed by atoms with Crippen LogP contribution in [0.15, 0.2) is 48.5 Å². The maximum Gasteiger partial charge on any atom is 0.113 e. The van der Waals surface area contributed by atoms with E-state index in [2.05, 4.69) is 10.2 Å². The number of aliphatic hydroxyl groups is 1. The van der Waals surface area contributed by atoms with Crippen molar-refractivity contribution in [2.75, 3.05) is 0 Å². The Morgan fingerprint density at radius 2 is 1.74 bits per heavy atom. The molecule has 96 valence electrons. The molecule has 0 saturated carbocycles. The van der Waals surface area contributed by atoms with E-state index in [-0.39, 0.29) is 0 Å². The van der Waals surface area contributed by atoms with E-state index in [0.29, 0.717) is 11.6 Å². The molecule has 0 spiro atoms. The van der Waals surface area contributed by atoms with Crippen molar-refractivity contribution < 1.29 is 5.11 Å². The summed E-state index contributed by atoms with van der Waals surface area (Å²) >= 11 is 5.91. The van der Waals surface area contributed by atoms with Crippen LogP contribution >= 0.6 is 11.6 Å². The number of hydrogen-bond acceptors (Lipinski definition) is 3. The smallest absolute Gasteiger partial charge is 0.113 e. The molecule has 3 rings (SSSR count). The van der Waals surface area contributed by atoms with Gasteiger partial charge in [-0.15, -0.1) is 0 Å². The Labute approximate surface area is 115 Å². The summed E-state index contributed by atoms with van der Waals surface area (Å²) < 4.78 is 0. The van der Waals surface area contributed by atoms with Gasteiger partial charge in [0.1, 0.15) is 17.1 Å². The average molecular weight is 274 g/mol. The van der Waals surface area contributed by atoms with Crippen LogP contribution in [0, 0.1) is 0 Å². The highest BCUT2D eigenvalue weighted by molar-refractivity contribution is 6.30. The van der Waals surface area contributed by atoms with Gasteiger partial charge in [-0.2, -0.15) is 15.0 Å². The van der Waals surface area contributed by atoms with Crippen LogP contribution in [0.3, 0.4) is 0 Å². The summed E-state index contributed by atoms with van der Waals surface area (Å²) in [6.45, 7) is 0.301. The number of fused-ring (bicyclic) bond motifs is 1. The summed E-state index contributed by atoms with van der Waals surface area (Å²) in [6.07, 6.45) is -0.680. The molecule has 2 aromatic carbocycles. The van der Waals surface area contributed by atoms with Gasteiger partial charge in [0.15, 0.2) is 0 Å². The normalized spacial score (nSPS) is 12.7. The standard InChI is InChI=1S/C14H12ClN3O/c15-11-5-3-4-10(8-11)14(19)9-18-16-12-6-1-2-7-13(12)17-18/h1-8,14,19H,9H2/t14-/m0/s1. The van der Waals surface area contributed by atoms with E-state index < -0.39 is 6.10 Å². The molecule has 0 radical (unpaired) electrons. The summed E-state index contributed by atoms with van der Waals surface area (Å²) in [5, 5.41) is 19.4. The first kappa shape index (κ1) is 12.1. The summed E-state index contributed by atoms with van der Waals surface area (Å²) in [5.74, 6) is 0. The molecule has 0 unspecified atom stereocenters. The van der Waals surface area contributed by atoms with Crippen LogP contribution in [0.4, 0.5) is 0 Å². The number of aliphatic hydroxyl groups excluding tert-OH is 1. The molecule has 4 nitrogen and oxygen atoms in total. The highest BCUT2D eigenvalue weighted by Gasteiger charge is 2.11. The maximum atomic E-state index is 10.2. The minimum absolute atomic E-state index is 0.301. The van der Waals surface area contributed by atoms with Crippen molar-refractivity contribution >= 4 is 22.6 Å². The third-order valence-electron chi connectivity index (χ3n) is 2.90. The quantitative estimate of drug-likeness (QED) is 0.798. The Bertz CT molecular complexity index is 677. The predicted molar refractivity (Wildman–Crippen MR) is 73.9 cm³/mol. The van der Waals surface area contributed by atoms with Crippen LogP contribution in [-0.2, 0) is 6.54 Å². The highest BCUT2D eigenvalue weighted by Crippen LogP contribution is 2.19. The van der Waals surface area contributed by atoms with Crippen molar-refractivity contribution in [1.29, 1.82) is 0 Å². The van der Waals surface area contributed by atoms with Gasteiger partial charge in [-0.1, -0.05) is 35.9 Å². The predicted octanol–water partition coefficient (Wildman–Crippen LogP) is 2.82. The highest BCUT2D eigenvalue weighted by atomic mass is 35.5. The zero-order valence-corrected chi connectivity index (χ0v) is 10.8. The van der Waals surface area contributed by atoms with Gasteiger partial charge in [-0.25, -0.2) is 0 Å². The lowest BCUT2D eigenvalue weighted by atomic mass is 10.1. The fourth-order valence-corrected chi connectivity index (χ4v) is 2.16. The number of halogens is 1. The Kier molecular flexibility index (Phi) is 3.19. The third kappa shape index (κ3) is 2.59. The summed E-state index contributed by atoms with van der Waals surface area (Å²) in [6, 6.07) is 14.8. The fourth-order valence-electron chi connectivity index (χ4n) is 1.96. The summed E-state index contributed by atoms with van der Waals surface area (Å²) in [4.78, 5) is 1.51. The van der Waals surface area contributed by atoms with E-state index in [1.54, 1.807) is 12.1 Å². The molecule has 0 aliphatic carbocycles. The summed E-state index contributed by atoms with van der Waals surface area (Å²) in [7, 11) is 0. The van der Waals surface area contributed by atoms with Gasteiger partial charge in [-0.05, 0) is 29.8 Å². The van der Waals surface area contributed by atoms with Crippen LogP contribution in [-0.4, -0.2) is 20.1 Å². The first-order valence-corrected chi connectivity index (χ1v) is 6.33. The lowest BCUT2D eigenvalue weighted by Gasteiger charge is -2.10. The molecule has 0 amide bonds. The molecule has 0 fully saturated rings. The Morgan fingerprint density at radius 1 is 1.05 bits per heavy atom. The van der Waals surface area contributed by atoms with E-state index >= 15 is 0 Å². The molecular weight excluding hydrogens is 262 g/mol. The molecule has 3 aromatic rings. The first-order chi connectivity index (χ1) is 9.22. The molecule has 0 bridgehead atoms. The van der Waals surface area contributed by atoms with Crippen molar-refractivity contribution in [2.24, 2.45) is 0 Å². The van der Waals surface area contributed by atoms with E-state index in [1.165, 1.54) is 4.80 Å². The number of nitrogens with zero attached hydrogens (tertiary/aromatic N) is 3. The number of rotatable bonds is 3. The summed E-state index contributed by atoms with van der Waals surface area (Å²) in [5.41, 5.74) is 2.40. The van der Waals surface area contributed by atoms with Gasteiger partial charge < -0.3 is 5.11 Å². The Hall–Kier alpha value is -1.91. The van der Waals surface area contributed by atoms with Gasteiger partial charge in [0.25, 0.3) is 0 Å². The van der Waals surface area contributed by atoms with Gasteiger partial charge >= 0.3 is 0 Å². The molecule has 0 aliphatic heterocycles. The van der Waals surface area contributed by atoms with Crippen molar-refractivity contribution in [2.45, 2.75) is 12.6 Å². The Morgan fingerprint density at radius 3 is 2.37 bits per heavy atom. The molecule has 0 aliphatic rings. The lowest BCUT2D eigenvalue weighted by Crippen LogP contribution is -2.11. The molecule has 1 N–H and O–H groups in total. The monoisotopic (exact) mass is 273 g/mol. The van der Waals surface area contributed by atoms with E-state index in [4.69, 9.17) is 11.6 Å². The molecular formula is C14H12ClN3O. The lowest BCUT2D eigenvalue weighted by molar-refractivity contribution is 0.146. The van der Waals surface area contributed by atoms with Crippen molar-refractivity contribution in [3.05, 3.63) is 59.1 Å². The van der Waals surface area contributed by atoms with Crippen LogP contribution in [0.5, 0.6) is 0 Å². The van der Waals surface area contributed by atoms with Gasteiger partial charge in [-0.3, -0.25) is 0 Å². The van der Waals surface area contributed by atoms with Crippen molar-refractivity contribution in [3.63, 3.8) is 0 Å². The number of benzene rings is 2. The SMILES string of the molecule is O[C@@H](Cn1nc2ccccc2n1)c1cccc(Cl)c1. The number of hydrogen-bond donors (Lipinski definition) is 1. The molecule has 1 aromatic heterocycles. The largest absolute Gasteiger partial charge is 0.386 e. The van der Waals surface area contributed by atoms with Crippen LogP contribution in [0.1, 0.15) is 11.7 Å². The second-order valence-corrected chi connectivity index (χ2v) is 4.75. The van der Waals surface area contributed by atoms with Gasteiger partial charge in [0, 0.05) is 5.02 Å². The molecule has 1 heterocycles. The fraction of sp³-hybridized carbons (Fsp3) is 0.143. The van der Waals surface area contributed by atoms with Crippen molar-refractivity contribution in [3.8, 4) is 0 Å². The second-order valence-electron chi connectivity index (χ2n) is 4.31. The molecule has 19 heavy (non-hydrogen) atoms. The molecule has 1 atom stereocenters. The van der Waals surface area contributed by atoms with E-state index in [0.717, 1.165) is 16.6 Å². The zero-order chi connectivity index (χ0) is 13.2. The van der Waals surface area contributed by atoms with E-state index in [9.17, 15) is 5.11 Å². The van der Waals surface area contributed by atoms with Crippen molar-refractivity contribution in [1.82, 2.24) is 15.0 Å². The third-order valence-corrected chi connectivity index (χ3v) is 3.13.